The summed E-state index contributed by atoms with van der Waals surface area (Å²) in [4.78, 5) is 0.218. The Morgan fingerprint density at radius 1 is 1.00 bits per heavy atom. The second-order valence-electron chi connectivity index (χ2n) is 4.79. The van der Waals surface area contributed by atoms with Crippen molar-refractivity contribution in [3.05, 3.63) is 66.2 Å². The lowest BCUT2D eigenvalue weighted by Crippen LogP contribution is -2.40. The van der Waals surface area contributed by atoms with E-state index in [-0.39, 0.29) is 10.6 Å². The molecule has 0 spiro atoms. The lowest BCUT2D eigenvalue weighted by Gasteiger charge is -2.30. The van der Waals surface area contributed by atoms with Crippen LogP contribution in [0, 0.1) is 0 Å². The molecule has 0 bridgehead atoms. The minimum Gasteiger partial charge on any atom is -0.393 e. The van der Waals surface area contributed by atoms with Gasteiger partial charge in [0.15, 0.2) is 9.84 Å². The third kappa shape index (κ3) is 3.32. The fraction of sp³-hybridized carbons (Fsp3) is 0.250. The van der Waals surface area contributed by atoms with Crippen molar-refractivity contribution in [1.29, 1.82) is 0 Å². The highest BCUT2D eigenvalue weighted by Gasteiger charge is 2.37. The van der Waals surface area contributed by atoms with E-state index in [0.29, 0.717) is 5.56 Å². The van der Waals surface area contributed by atoms with Gasteiger partial charge < -0.3 is 9.84 Å². The Morgan fingerprint density at radius 2 is 1.52 bits per heavy atom. The lowest BCUT2D eigenvalue weighted by molar-refractivity contribution is -0.0393. The average molecular weight is 306 g/mol. The third-order valence-corrected chi connectivity index (χ3v) is 5.31. The van der Waals surface area contributed by atoms with Gasteiger partial charge in [0, 0.05) is 7.11 Å². The van der Waals surface area contributed by atoms with Crippen LogP contribution in [0.4, 0.5) is 0 Å². The first-order valence-corrected chi connectivity index (χ1v) is 8.19. The van der Waals surface area contributed by atoms with E-state index in [9.17, 15) is 13.5 Å². The molecule has 1 atom stereocenters. The molecule has 5 heteroatoms. The highest BCUT2D eigenvalue weighted by Crippen LogP contribution is 2.29. The molecule has 2 rings (SSSR count). The lowest BCUT2D eigenvalue weighted by atomic mass is 9.97. The molecule has 1 unspecified atom stereocenters. The van der Waals surface area contributed by atoms with Crippen LogP contribution in [-0.2, 0) is 20.2 Å². The second-order valence-corrected chi connectivity index (χ2v) is 6.78. The Labute approximate surface area is 124 Å². The van der Waals surface area contributed by atoms with Crippen molar-refractivity contribution in [2.45, 2.75) is 10.5 Å². The molecule has 0 aliphatic carbocycles. The minimum atomic E-state index is -3.58. The molecule has 112 valence electrons. The van der Waals surface area contributed by atoms with Crippen LogP contribution < -0.4 is 0 Å². The molecular weight excluding hydrogens is 288 g/mol. The van der Waals surface area contributed by atoms with Crippen molar-refractivity contribution in [3.8, 4) is 0 Å². The summed E-state index contributed by atoms with van der Waals surface area (Å²) >= 11 is 0. The number of aliphatic hydroxyl groups excluding tert-OH is 1. The van der Waals surface area contributed by atoms with Gasteiger partial charge in [0.1, 0.15) is 5.60 Å². The smallest absolute Gasteiger partial charge is 0.181 e. The van der Waals surface area contributed by atoms with Crippen molar-refractivity contribution in [2.75, 3.05) is 19.5 Å². The summed E-state index contributed by atoms with van der Waals surface area (Å²) in [5.74, 6) is -0.318. The first-order valence-electron chi connectivity index (χ1n) is 6.53. The summed E-state index contributed by atoms with van der Waals surface area (Å²) in [6.07, 6.45) is 0. The van der Waals surface area contributed by atoms with E-state index in [4.69, 9.17) is 4.74 Å². The van der Waals surface area contributed by atoms with Gasteiger partial charge in [0.2, 0.25) is 0 Å². The maximum atomic E-state index is 12.5. The summed E-state index contributed by atoms with van der Waals surface area (Å²) in [6.45, 7) is -0.417. The highest BCUT2D eigenvalue weighted by atomic mass is 32.2. The van der Waals surface area contributed by atoms with E-state index >= 15 is 0 Å². The Bertz CT molecular complexity index is 662. The molecule has 0 saturated heterocycles. The van der Waals surface area contributed by atoms with Crippen molar-refractivity contribution in [1.82, 2.24) is 0 Å². The predicted molar refractivity (Wildman–Crippen MR) is 80.7 cm³/mol. The first-order chi connectivity index (χ1) is 10.0. The Balaban J connectivity index is 2.42. The molecule has 0 saturated carbocycles. The topological polar surface area (TPSA) is 63.6 Å². The van der Waals surface area contributed by atoms with E-state index in [1.807, 2.05) is 6.07 Å². The zero-order chi connectivity index (χ0) is 15.3. The van der Waals surface area contributed by atoms with E-state index in [0.717, 1.165) is 0 Å². The molecule has 0 radical (unpaired) electrons. The summed E-state index contributed by atoms with van der Waals surface area (Å²) < 4.78 is 30.5. The zero-order valence-corrected chi connectivity index (χ0v) is 12.6. The number of aliphatic hydroxyl groups is 1. The third-order valence-electron chi connectivity index (χ3n) is 3.47. The van der Waals surface area contributed by atoms with Crippen LogP contribution in [0.3, 0.4) is 0 Å². The number of hydrogen-bond acceptors (Lipinski definition) is 4. The van der Waals surface area contributed by atoms with Crippen LogP contribution in [0.5, 0.6) is 0 Å². The standard InChI is InChI=1S/C16H18O4S/c1-20-16(12-17,14-8-4-2-5-9-14)13-21(18,19)15-10-6-3-7-11-15/h2-11,17H,12-13H2,1H3. The molecule has 0 heterocycles. The number of benzene rings is 2. The fourth-order valence-electron chi connectivity index (χ4n) is 2.22. The van der Waals surface area contributed by atoms with Crippen LogP contribution in [0.15, 0.2) is 65.6 Å². The molecule has 2 aromatic rings. The van der Waals surface area contributed by atoms with E-state index in [1.165, 1.54) is 19.2 Å². The maximum absolute atomic E-state index is 12.5. The Hall–Kier alpha value is -1.69. The molecule has 0 aliphatic rings. The summed E-state index contributed by atoms with van der Waals surface area (Å²) in [5.41, 5.74) is -0.634. The fourth-order valence-corrected chi connectivity index (χ4v) is 3.95. The van der Waals surface area contributed by atoms with Gasteiger partial charge in [-0.05, 0) is 17.7 Å². The molecule has 0 fully saturated rings. The molecule has 0 aliphatic heterocycles. The van der Waals surface area contributed by atoms with Crippen LogP contribution in [0.2, 0.25) is 0 Å². The number of ether oxygens (including phenoxy) is 1. The van der Waals surface area contributed by atoms with Gasteiger partial charge in [-0.25, -0.2) is 8.42 Å². The van der Waals surface area contributed by atoms with Crippen LogP contribution in [-0.4, -0.2) is 33.0 Å². The highest BCUT2D eigenvalue weighted by molar-refractivity contribution is 7.91. The van der Waals surface area contributed by atoms with Crippen LogP contribution in [0.25, 0.3) is 0 Å². The average Bonchev–Trinajstić information content (AvgIpc) is 2.54. The van der Waals surface area contributed by atoms with Crippen molar-refractivity contribution < 1.29 is 18.3 Å². The van der Waals surface area contributed by atoms with Crippen molar-refractivity contribution >= 4 is 9.84 Å². The largest absolute Gasteiger partial charge is 0.393 e. The van der Waals surface area contributed by atoms with Crippen molar-refractivity contribution in [3.63, 3.8) is 0 Å². The number of hydrogen-bond donors (Lipinski definition) is 1. The first kappa shape index (κ1) is 15.7. The van der Waals surface area contributed by atoms with Gasteiger partial charge in [0.05, 0.1) is 17.3 Å². The molecule has 1 N–H and O–H groups in total. The molecule has 2 aromatic carbocycles. The molecule has 21 heavy (non-hydrogen) atoms. The van der Waals surface area contributed by atoms with E-state index in [2.05, 4.69) is 0 Å². The summed E-state index contributed by atoms with van der Waals surface area (Å²) in [7, 11) is -2.17. The SMILES string of the molecule is COC(CO)(CS(=O)(=O)c1ccccc1)c1ccccc1. The number of rotatable bonds is 6. The second kappa shape index (κ2) is 6.39. The van der Waals surface area contributed by atoms with Gasteiger partial charge in [-0.15, -0.1) is 0 Å². The number of sulfone groups is 1. The van der Waals surface area contributed by atoms with E-state index in [1.54, 1.807) is 42.5 Å². The Morgan fingerprint density at radius 3 is 2.00 bits per heavy atom. The minimum absolute atomic E-state index is 0.218. The molecule has 0 amide bonds. The molecule has 4 nitrogen and oxygen atoms in total. The van der Waals surface area contributed by atoms with Crippen molar-refractivity contribution in [2.24, 2.45) is 0 Å². The van der Waals surface area contributed by atoms with E-state index < -0.39 is 22.0 Å². The maximum Gasteiger partial charge on any atom is 0.181 e. The normalized spacial score (nSPS) is 14.6. The van der Waals surface area contributed by atoms with Gasteiger partial charge >= 0.3 is 0 Å². The quantitative estimate of drug-likeness (QED) is 0.886. The van der Waals surface area contributed by atoms with Crippen LogP contribution in [0.1, 0.15) is 5.56 Å². The van der Waals surface area contributed by atoms with Gasteiger partial charge in [-0.3, -0.25) is 0 Å². The summed E-state index contributed by atoms with van der Waals surface area (Å²) in [6, 6.07) is 17.1. The Kier molecular flexibility index (Phi) is 4.77. The zero-order valence-electron chi connectivity index (χ0n) is 11.8. The predicted octanol–water partition coefficient (Wildman–Crippen LogP) is 1.99. The van der Waals surface area contributed by atoms with Gasteiger partial charge in [-0.1, -0.05) is 48.5 Å². The summed E-state index contributed by atoms with van der Waals surface area (Å²) in [5, 5.41) is 9.75. The van der Waals surface area contributed by atoms with Crippen LogP contribution >= 0.6 is 0 Å². The number of methoxy groups -OCH3 is 1. The van der Waals surface area contributed by atoms with Gasteiger partial charge in [0.25, 0.3) is 0 Å². The molecular formula is C16H18O4S. The molecule has 0 aromatic heterocycles. The monoisotopic (exact) mass is 306 g/mol. The van der Waals surface area contributed by atoms with Gasteiger partial charge in [-0.2, -0.15) is 0 Å².